The number of hydrogen-bond donors (Lipinski definition) is 1. The molecule has 15 heavy (non-hydrogen) atoms. The van der Waals surface area contributed by atoms with E-state index in [1.165, 1.54) is 0 Å². The van der Waals surface area contributed by atoms with Crippen LogP contribution < -0.4 is 5.32 Å². The van der Waals surface area contributed by atoms with Gasteiger partial charge in [0.25, 0.3) is 5.91 Å². The Bertz CT molecular complexity index is 283. The summed E-state index contributed by atoms with van der Waals surface area (Å²) in [5.74, 6) is 1.51. The molecule has 0 aromatic carbocycles. The number of carbonyl (C=O) groups excluding carboxylic acids is 1. The maximum Gasteiger partial charge on any atom is 0.263 e. The molecule has 3 aliphatic rings. The lowest BCUT2D eigenvalue weighted by molar-refractivity contribution is -0.138. The number of nitrogens with one attached hydrogen (secondary N) is 1. The first-order valence-corrected chi connectivity index (χ1v) is 5.64. The molecule has 0 spiro atoms. The van der Waals surface area contributed by atoms with Gasteiger partial charge in [-0.3, -0.25) is 4.79 Å². The number of likely N-dealkylation sites (tertiary alicyclic amines) is 1. The molecule has 2 saturated heterocycles. The number of rotatable bonds is 1. The van der Waals surface area contributed by atoms with Crippen molar-refractivity contribution in [3.05, 3.63) is 12.3 Å². The second-order valence-electron chi connectivity index (χ2n) is 4.65. The lowest BCUT2D eigenvalue weighted by Crippen LogP contribution is -2.38. The van der Waals surface area contributed by atoms with Crippen molar-refractivity contribution in [1.82, 2.24) is 10.2 Å². The van der Waals surface area contributed by atoms with Crippen LogP contribution in [0.25, 0.3) is 0 Å². The molecule has 4 heteroatoms. The van der Waals surface area contributed by atoms with Crippen molar-refractivity contribution in [3.63, 3.8) is 0 Å². The fourth-order valence-electron chi connectivity index (χ4n) is 2.78. The summed E-state index contributed by atoms with van der Waals surface area (Å²) in [4.78, 5) is 14.0. The van der Waals surface area contributed by atoms with E-state index in [4.69, 9.17) is 4.74 Å². The van der Waals surface area contributed by atoms with Crippen LogP contribution in [0.5, 0.6) is 0 Å². The van der Waals surface area contributed by atoms with Crippen LogP contribution in [0.3, 0.4) is 0 Å². The number of hydrogen-bond acceptors (Lipinski definition) is 3. The minimum Gasteiger partial charge on any atom is -0.488 e. The van der Waals surface area contributed by atoms with Gasteiger partial charge in [0.1, 0.15) is 0 Å². The summed E-state index contributed by atoms with van der Waals surface area (Å²) in [5.41, 5.74) is 0. The lowest BCUT2D eigenvalue weighted by atomic mass is 10.0. The normalized spacial score (nSPS) is 38.1. The van der Waals surface area contributed by atoms with Gasteiger partial charge in [-0.05, 0) is 17.9 Å². The summed E-state index contributed by atoms with van der Waals surface area (Å²) >= 11 is 0. The van der Waals surface area contributed by atoms with Crippen LogP contribution in [-0.4, -0.2) is 43.1 Å². The second-order valence-corrected chi connectivity index (χ2v) is 4.65. The Morgan fingerprint density at radius 3 is 2.67 bits per heavy atom. The van der Waals surface area contributed by atoms with Crippen LogP contribution in [-0.2, 0) is 9.53 Å². The Kier molecular flexibility index (Phi) is 2.16. The molecule has 0 bridgehead atoms. The molecule has 0 aromatic rings. The third-order valence-corrected chi connectivity index (χ3v) is 3.67. The summed E-state index contributed by atoms with van der Waals surface area (Å²) < 4.78 is 5.26. The van der Waals surface area contributed by atoms with Crippen molar-refractivity contribution in [2.75, 3.05) is 26.2 Å². The van der Waals surface area contributed by atoms with Crippen LogP contribution in [0.2, 0.25) is 0 Å². The first kappa shape index (κ1) is 9.21. The highest BCUT2D eigenvalue weighted by atomic mass is 16.5. The Morgan fingerprint density at radius 1 is 1.33 bits per heavy atom. The van der Waals surface area contributed by atoms with Gasteiger partial charge >= 0.3 is 0 Å². The molecule has 3 aliphatic heterocycles. The van der Waals surface area contributed by atoms with Crippen molar-refractivity contribution in [2.24, 2.45) is 11.8 Å². The molecule has 2 fully saturated rings. The molecule has 3 rings (SSSR count). The Morgan fingerprint density at radius 2 is 2.07 bits per heavy atom. The van der Waals surface area contributed by atoms with Gasteiger partial charge in [-0.25, -0.2) is 0 Å². The zero-order valence-corrected chi connectivity index (χ0v) is 8.69. The van der Waals surface area contributed by atoms with Crippen LogP contribution in [0.4, 0.5) is 0 Å². The maximum absolute atomic E-state index is 12.0. The van der Waals surface area contributed by atoms with Crippen molar-refractivity contribution in [1.29, 1.82) is 0 Å². The molecule has 1 N–H and O–H groups in total. The standard InChI is InChI=1S/C11H16N2O2/c14-11(10-2-1-3-15-10)13-6-8-4-12-5-9(8)7-13/h1,3,8-10,12H,2,4-7H2. The maximum atomic E-state index is 12.0. The van der Waals surface area contributed by atoms with Gasteiger partial charge in [-0.2, -0.15) is 0 Å². The quantitative estimate of drug-likeness (QED) is 0.658. The van der Waals surface area contributed by atoms with E-state index >= 15 is 0 Å². The molecule has 0 saturated carbocycles. The van der Waals surface area contributed by atoms with Gasteiger partial charge in [0.05, 0.1) is 6.26 Å². The number of amides is 1. The van der Waals surface area contributed by atoms with Crippen molar-refractivity contribution in [2.45, 2.75) is 12.5 Å². The van der Waals surface area contributed by atoms with Gasteiger partial charge in [-0.1, -0.05) is 0 Å². The number of ether oxygens (including phenoxy) is 1. The van der Waals surface area contributed by atoms with E-state index in [1.807, 2.05) is 11.0 Å². The average Bonchev–Trinajstić information content (AvgIpc) is 2.92. The average molecular weight is 208 g/mol. The predicted octanol–water partition coefficient (Wildman–Crippen LogP) is -0.0332. The number of nitrogens with zero attached hydrogens (tertiary/aromatic N) is 1. The summed E-state index contributed by atoms with van der Waals surface area (Å²) in [6.07, 6.45) is 4.06. The highest BCUT2D eigenvalue weighted by molar-refractivity contribution is 5.81. The van der Waals surface area contributed by atoms with Crippen molar-refractivity contribution in [3.8, 4) is 0 Å². The molecule has 3 atom stereocenters. The summed E-state index contributed by atoms with van der Waals surface area (Å²) in [5, 5.41) is 3.37. The Balaban J connectivity index is 1.62. The highest BCUT2D eigenvalue weighted by Gasteiger charge is 2.40. The number of fused-ring (bicyclic) bond motifs is 1. The molecule has 4 nitrogen and oxygen atoms in total. The first-order valence-electron chi connectivity index (χ1n) is 5.64. The van der Waals surface area contributed by atoms with Gasteiger partial charge in [0.2, 0.25) is 0 Å². The molecular formula is C11H16N2O2. The molecule has 0 aromatic heterocycles. The fourth-order valence-corrected chi connectivity index (χ4v) is 2.78. The smallest absolute Gasteiger partial charge is 0.263 e. The molecule has 0 aliphatic carbocycles. The first-order chi connectivity index (χ1) is 7.34. The predicted molar refractivity (Wildman–Crippen MR) is 55.1 cm³/mol. The van der Waals surface area contributed by atoms with E-state index < -0.39 is 0 Å². The zero-order chi connectivity index (χ0) is 10.3. The molecule has 3 heterocycles. The Hall–Kier alpha value is -1.03. The second kappa shape index (κ2) is 3.52. The van der Waals surface area contributed by atoms with E-state index in [9.17, 15) is 4.79 Å². The lowest BCUT2D eigenvalue weighted by Gasteiger charge is -2.20. The molecular weight excluding hydrogens is 192 g/mol. The number of carbonyl (C=O) groups is 1. The van der Waals surface area contributed by atoms with Crippen LogP contribution in [0.15, 0.2) is 12.3 Å². The topological polar surface area (TPSA) is 41.6 Å². The minimum atomic E-state index is -0.239. The van der Waals surface area contributed by atoms with Crippen LogP contribution >= 0.6 is 0 Å². The van der Waals surface area contributed by atoms with Gasteiger partial charge in [0.15, 0.2) is 6.10 Å². The van der Waals surface area contributed by atoms with Crippen LogP contribution in [0.1, 0.15) is 6.42 Å². The van der Waals surface area contributed by atoms with E-state index in [0.717, 1.165) is 32.6 Å². The van der Waals surface area contributed by atoms with Gasteiger partial charge in [0, 0.05) is 32.6 Å². The Labute approximate surface area is 89.3 Å². The summed E-state index contributed by atoms with van der Waals surface area (Å²) in [7, 11) is 0. The molecule has 1 amide bonds. The third-order valence-electron chi connectivity index (χ3n) is 3.67. The highest BCUT2D eigenvalue weighted by Crippen LogP contribution is 2.27. The minimum absolute atomic E-state index is 0.175. The van der Waals surface area contributed by atoms with E-state index in [2.05, 4.69) is 5.32 Å². The monoisotopic (exact) mass is 208 g/mol. The van der Waals surface area contributed by atoms with Crippen LogP contribution in [0, 0.1) is 11.8 Å². The molecule has 82 valence electrons. The third kappa shape index (κ3) is 1.53. The van der Waals surface area contributed by atoms with Crippen molar-refractivity contribution >= 4 is 5.91 Å². The largest absolute Gasteiger partial charge is 0.488 e. The summed E-state index contributed by atoms with van der Waals surface area (Å²) in [6, 6.07) is 0. The summed E-state index contributed by atoms with van der Waals surface area (Å²) in [6.45, 7) is 3.96. The zero-order valence-electron chi connectivity index (χ0n) is 8.69. The van der Waals surface area contributed by atoms with Gasteiger partial charge in [-0.15, -0.1) is 0 Å². The van der Waals surface area contributed by atoms with Gasteiger partial charge < -0.3 is 15.0 Å². The fraction of sp³-hybridized carbons (Fsp3) is 0.727. The van der Waals surface area contributed by atoms with E-state index in [1.54, 1.807) is 6.26 Å². The van der Waals surface area contributed by atoms with Crippen molar-refractivity contribution < 1.29 is 9.53 Å². The molecule has 3 unspecified atom stereocenters. The molecule has 0 radical (unpaired) electrons. The SMILES string of the molecule is O=C(C1CC=CO1)N1CC2CNCC2C1. The van der Waals surface area contributed by atoms with E-state index in [0.29, 0.717) is 11.8 Å². The van der Waals surface area contributed by atoms with E-state index in [-0.39, 0.29) is 12.0 Å².